The van der Waals surface area contributed by atoms with E-state index in [1.54, 1.807) is 28.8 Å². The summed E-state index contributed by atoms with van der Waals surface area (Å²) in [7, 11) is -1.20. The predicted octanol–water partition coefficient (Wildman–Crippen LogP) is 1.74. The second-order valence-electron chi connectivity index (χ2n) is 6.09. The van der Waals surface area contributed by atoms with E-state index in [1.165, 1.54) is 12.6 Å². The normalized spacial score (nSPS) is 11.7. The standard InChI is InChI=1S/C17H21N5O3S/c1-13-11-16(22-17(20-13)18-12-19-22)21(2)9-4-10-25-14-5-7-15(8-6-14)26(3,23)24/h5-8,11-12H,4,9-10H2,1-3H3. The third-order valence-corrected chi connectivity index (χ3v) is 5.04. The lowest BCUT2D eigenvalue weighted by Gasteiger charge is -2.20. The van der Waals surface area contributed by atoms with Crippen LogP contribution >= 0.6 is 0 Å². The molecule has 3 aromatic rings. The molecule has 0 unspecified atom stereocenters. The molecule has 2 aromatic heterocycles. The number of anilines is 1. The van der Waals surface area contributed by atoms with Crippen molar-refractivity contribution in [1.29, 1.82) is 0 Å². The summed E-state index contributed by atoms with van der Waals surface area (Å²) in [5, 5.41) is 4.21. The molecule has 0 aliphatic heterocycles. The first kappa shape index (κ1) is 18.1. The second-order valence-corrected chi connectivity index (χ2v) is 8.11. The zero-order valence-electron chi connectivity index (χ0n) is 15.0. The smallest absolute Gasteiger partial charge is 0.254 e. The molecule has 0 saturated carbocycles. The van der Waals surface area contributed by atoms with Gasteiger partial charge in [-0.15, -0.1) is 0 Å². The summed E-state index contributed by atoms with van der Waals surface area (Å²) in [6.45, 7) is 3.21. The Kier molecular flexibility index (Phi) is 5.08. The fraction of sp³-hybridized carbons (Fsp3) is 0.353. The zero-order valence-corrected chi connectivity index (χ0v) is 15.8. The van der Waals surface area contributed by atoms with Gasteiger partial charge in [-0.3, -0.25) is 0 Å². The summed E-state index contributed by atoms with van der Waals surface area (Å²) in [5.74, 6) is 2.15. The van der Waals surface area contributed by atoms with Gasteiger partial charge in [0.25, 0.3) is 5.78 Å². The van der Waals surface area contributed by atoms with Crippen LogP contribution in [0.3, 0.4) is 0 Å². The van der Waals surface area contributed by atoms with Crippen molar-refractivity contribution in [2.75, 3.05) is 31.4 Å². The van der Waals surface area contributed by atoms with Gasteiger partial charge in [0.1, 0.15) is 17.9 Å². The van der Waals surface area contributed by atoms with Crippen LogP contribution in [0.5, 0.6) is 5.75 Å². The molecular weight excluding hydrogens is 354 g/mol. The molecule has 138 valence electrons. The highest BCUT2D eigenvalue weighted by Crippen LogP contribution is 2.17. The van der Waals surface area contributed by atoms with Gasteiger partial charge in [0, 0.05) is 31.6 Å². The van der Waals surface area contributed by atoms with Gasteiger partial charge < -0.3 is 9.64 Å². The lowest BCUT2D eigenvalue weighted by molar-refractivity contribution is 0.312. The Hall–Kier alpha value is -2.68. The first-order valence-electron chi connectivity index (χ1n) is 8.16. The SMILES string of the molecule is Cc1cc(N(C)CCCOc2ccc(S(C)(=O)=O)cc2)n2ncnc2n1. The molecule has 2 heterocycles. The van der Waals surface area contributed by atoms with Crippen LogP contribution < -0.4 is 9.64 Å². The molecule has 3 rings (SSSR count). The molecule has 0 radical (unpaired) electrons. The topological polar surface area (TPSA) is 89.7 Å². The third kappa shape index (κ3) is 4.10. The molecule has 0 fully saturated rings. The van der Waals surface area contributed by atoms with E-state index in [1.807, 2.05) is 20.0 Å². The maximum Gasteiger partial charge on any atom is 0.254 e. The molecule has 0 bridgehead atoms. The molecule has 9 heteroatoms. The van der Waals surface area contributed by atoms with Crippen LogP contribution in [-0.2, 0) is 9.84 Å². The molecule has 0 aliphatic rings. The average Bonchev–Trinajstić information content (AvgIpc) is 3.05. The highest BCUT2D eigenvalue weighted by molar-refractivity contribution is 7.90. The first-order valence-corrected chi connectivity index (χ1v) is 10.1. The number of sulfone groups is 1. The Bertz CT molecular complexity index is 999. The number of fused-ring (bicyclic) bond motifs is 1. The summed E-state index contributed by atoms with van der Waals surface area (Å²) < 4.78 is 30.3. The van der Waals surface area contributed by atoms with Gasteiger partial charge in [0.15, 0.2) is 9.84 Å². The van der Waals surface area contributed by atoms with Crippen LogP contribution in [0.2, 0.25) is 0 Å². The van der Waals surface area contributed by atoms with E-state index in [0.29, 0.717) is 18.1 Å². The van der Waals surface area contributed by atoms with E-state index in [9.17, 15) is 8.42 Å². The van der Waals surface area contributed by atoms with Gasteiger partial charge in [-0.05, 0) is 37.6 Å². The number of benzene rings is 1. The quantitative estimate of drug-likeness (QED) is 0.581. The maximum absolute atomic E-state index is 11.4. The average molecular weight is 375 g/mol. The zero-order chi connectivity index (χ0) is 18.7. The summed E-state index contributed by atoms with van der Waals surface area (Å²) in [6.07, 6.45) is 3.47. The van der Waals surface area contributed by atoms with Crippen molar-refractivity contribution >= 4 is 21.4 Å². The minimum absolute atomic E-state index is 0.287. The number of ether oxygens (including phenoxy) is 1. The van der Waals surface area contributed by atoms with Crippen LogP contribution in [0.15, 0.2) is 41.6 Å². The van der Waals surface area contributed by atoms with Crippen molar-refractivity contribution < 1.29 is 13.2 Å². The highest BCUT2D eigenvalue weighted by Gasteiger charge is 2.10. The van der Waals surface area contributed by atoms with Gasteiger partial charge in [-0.1, -0.05) is 0 Å². The molecule has 26 heavy (non-hydrogen) atoms. The maximum atomic E-state index is 11.4. The van der Waals surface area contributed by atoms with Crippen molar-refractivity contribution in [3.05, 3.63) is 42.4 Å². The van der Waals surface area contributed by atoms with E-state index in [4.69, 9.17) is 4.74 Å². The minimum atomic E-state index is -3.18. The van der Waals surface area contributed by atoms with E-state index >= 15 is 0 Å². The molecule has 8 nitrogen and oxygen atoms in total. The number of aromatic nitrogens is 4. The van der Waals surface area contributed by atoms with Crippen molar-refractivity contribution in [2.45, 2.75) is 18.2 Å². The molecular formula is C17H21N5O3S. The molecule has 0 aliphatic carbocycles. The van der Waals surface area contributed by atoms with E-state index in [2.05, 4.69) is 20.0 Å². The summed E-state index contributed by atoms with van der Waals surface area (Å²) >= 11 is 0. The molecule has 0 spiro atoms. The van der Waals surface area contributed by atoms with Crippen LogP contribution in [0, 0.1) is 6.92 Å². The number of hydrogen-bond acceptors (Lipinski definition) is 7. The van der Waals surface area contributed by atoms with Crippen molar-refractivity contribution in [3.8, 4) is 5.75 Å². The van der Waals surface area contributed by atoms with Gasteiger partial charge in [0.2, 0.25) is 0 Å². The summed E-state index contributed by atoms with van der Waals surface area (Å²) in [4.78, 5) is 10.8. The minimum Gasteiger partial charge on any atom is -0.494 e. The summed E-state index contributed by atoms with van der Waals surface area (Å²) in [6, 6.07) is 8.42. The first-order chi connectivity index (χ1) is 12.3. The predicted molar refractivity (Wildman–Crippen MR) is 98.5 cm³/mol. The Labute approximate surface area is 152 Å². The number of nitrogens with zero attached hydrogens (tertiary/aromatic N) is 5. The van der Waals surface area contributed by atoms with Crippen molar-refractivity contribution in [3.63, 3.8) is 0 Å². The number of rotatable bonds is 7. The van der Waals surface area contributed by atoms with Gasteiger partial charge in [-0.2, -0.15) is 14.6 Å². The van der Waals surface area contributed by atoms with Gasteiger partial charge in [-0.25, -0.2) is 13.4 Å². The highest BCUT2D eigenvalue weighted by atomic mass is 32.2. The number of aryl methyl sites for hydroxylation is 1. The van der Waals surface area contributed by atoms with Crippen molar-refractivity contribution in [2.24, 2.45) is 0 Å². The second kappa shape index (κ2) is 7.28. The van der Waals surface area contributed by atoms with E-state index in [-0.39, 0.29) is 4.90 Å². The largest absolute Gasteiger partial charge is 0.494 e. The molecule has 1 aromatic carbocycles. The Morgan fingerprint density at radius 2 is 1.96 bits per heavy atom. The van der Waals surface area contributed by atoms with Crippen LogP contribution in [0.4, 0.5) is 5.82 Å². The lowest BCUT2D eigenvalue weighted by Crippen LogP contribution is -2.23. The van der Waals surface area contributed by atoms with Gasteiger partial charge >= 0.3 is 0 Å². The van der Waals surface area contributed by atoms with Gasteiger partial charge in [0.05, 0.1) is 11.5 Å². The molecule has 0 atom stereocenters. The van der Waals surface area contributed by atoms with Crippen molar-refractivity contribution in [1.82, 2.24) is 19.6 Å². The summed E-state index contributed by atoms with van der Waals surface area (Å²) in [5.41, 5.74) is 0.884. The van der Waals surface area contributed by atoms with Crippen LogP contribution in [0.1, 0.15) is 12.1 Å². The van der Waals surface area contributed by atoms with Crippen LogP contribution in [-0.4, -0.2) is 54.5 Å². The third-order valence-electron chi connectivity index (χ3n) is 3.91. The fourth-order valence-electron chi connectivity index (χ4n) is 2.57. The Morgan fingerprint density at radius 3 is 2.65 bits per heavy atom. The van der Waals surface area contributed by atoms with E-state index < -0.39 is 9.84 Å². The van der Waals surface area contributed by atoms with E-state index in [0.717, 1.165) is 24.5 Å². The molecule has 0 saturated heterocycles. The van der Waals surface area contributed by atoms with Crippen LogP contribution in [0.25, 0.3) is 5.78 Å². The monoisotopic (exact) mass is 375 g/mol. The molecule has 0 N–H and O–H groups in total. The number of hydrogen-bond donors (Lipinski definition) is 0. The Morgan fingerprint density at radius 1 is 1.23 bits per heavy atom. The fourth-order valence-corrected chi connectivity index (χ4v) is 3.20. The lowest BCUT2D eigenvalue weighted by atomic mass is 10.3. The Balaban J connectivity index is 1.55. The molecule has 0 amide bonds.